The van der Waals surface area contributed by atoms with Crippen molar-refractivity contribution in [3.63, 3.8) is 0 Å². The van der Waals surface area contributed by atoms with Crippen molar-refractivity contribution < 1.29 is 0 Å². The maximum atomic E-state index is 5.60. The fourth-order valence-electron chi connectivity index (χ4n) is 3.68. The van der Waals surface area contributed by atoms with E-state index in [0.29, 0.717) is 11.9 Å². The predicted octanol–water partition coefficient (Wildman–Crippen LogP) is 2.83. The summed E-state index contributed by atoms with van der Waals surface area (Å²) in [6, 6.07) is 2.65. The third-order valence-electron chi connectivity index (χ3n) is 4.84. The summed E-state index contributed by atoms with van der Waals surface area (Å²) in [6.07, 6.45) is 6.70. The van der Waals surface area contributed by atoms with Crippen molar-refractivity contribution in [1.29, 1.82) is 0 Å². The van der Waals surface area contributed by atoms with Crippen LogP contribution >= 0.6 is 0 Å². The molecular formula is C16H27N5. The van der Waals surface area contributed by atoms with E-state index in [1.807, 2.05) is 6.07 Å². The quantitative estimate of drug-likeness (QED) is 0.647. The zero-order valence-corrected chi connectivity index (χ0v) is 13.4. The first-order valence-corrected chi connectivity index (χ1v) is 8.12. The van der Waals surface area contributed by atoms with E-state index in [4.69, 9.17) is 10.8 Å². The molecule has 0 spiro atoms. The molecule has 1 aromatic rings. The molecule has 3 rings (SSSR count). The van der Waals surface area contributed by atoms with E-state index in [9.17, 15) is 0 Å². The van der Waals surface area contributed by atoms with Crippen molar-refractivity contribution in [2.45, 2.75) is 64.3 Å². The maximum absolute atomic E-state index is 5.60. The highest BCUT2D eigenvalue weighted by molar-refractivity contribution is 5.51. The maximum Gasteiger partial charge on any atom is 0.145 e. The minimum atomic E-state index is -0.0761. The summed E-state index contributed by atoms with van der Waals surface area (Å²) in [7, 11) is 0. The Hall–Kier alpha value is -1.36. The van der Waals surface area contributed by atoms with E-state index in [1.54, 1.807) is 0 Å². The Morgan fingerprint density at radius 3 is 2.67 bits per heavy atom. The summed E-state index contributed by atoms with van der Waals surface area (Å²) in [4.78, 5) is 11.9. The van der Waals surface area contributed by atoms with Gasteiger partial charge in [0.25, 0.3) is 0 Å². The van der Waals surface area contributed by atoms with Gasteiger partial charge in [0, 0.05) is 24.1 Å². The van der Waals surface area contributed by atoms with Gasteiger partial charge in [0.1, 0.15) is 17.5 Å². The third-order valence-corrected chi connectivity index (χ3v) is 4.84. The number of rotatable bonds is 2. The number of nitrogens with one attached hydrogen (secondary N) is 1. The van der Waals surface area contributed by atoms with E-state index in [-0.39, 0.29) is 5.41 Å². The molecule has 1 saturated heterocycles. The molecule has 5 heteroatoms. The molecule has 1 aliphatic heterocycles. The first-order chi connectivity index (χ1) is 9.99. The Kier molecular flexibility index (Phi) is 3.78. The number of hydrogen-bond donors (Lipinski definition) is 2. The van der Waals surface area contributed by atoms with Gasteiger partial charge < -0.3 is 10.3 Å². The fourth-order valence-corrected chi connectivity index (χ4v) is 3.68. The molecule has 0 radical (unpaired) electrons. The van der Waals surface area contributed by atoms with Crippen LogP contribution in [0.15, 0.2) is 6.07 Å². The monoisotopic (exact) mass is 289 g/mol. The topological polar surface area (TPSA) is 67.1 Å². The van der Waals surface area contributed by atoms with Crippen molar-refractivity contribution in [2.75, 3.05) is 16.9 Å². The second-order valence-corrected chi connectivity index (χ2v) is 7.42. The summed E-state index contributed by atoms with van der Waals surface area (Å²) >= 11 is 0. The summed E-state index contributed by atoms with van der Waals surface area (Å²) in [5.41, 5.74) is 2.62. The first-order valence-electron chi connectivity index (χ1n) is 8.12. The van der Waals surface area contributed by atoms with Crippen molar-refractivity contribution >= 4 is 11.6 Å². The molecule has 2 fully saturated rings. The largest absolute Gasteiger partial charge is 0.353 e. The van der Waals surface area contributed by atoms with E-state index in [2.05, 4.69) is 36.1 Å². The minimum absolute atomic E-state index is 0.0761. The van der Waals surface area contributed by atoms with Crippen LogP contribution in [0.25, 0.3) is 0 Å². The fraction of sp³-hybridized carbons (Fsp3) is 0.750. The Morgan fingerprint density at radius 2 is 1.95 bits per heavy atom. The molecule has 21 heavy (non-hydrogen) atoms. The molecule has 1 aliphatic carbocycles. The van der Waals surface area contributed by atoms with Crippen molar-refractivity contribution in [2.24, 2.45) is 11.8 Å². The molecule has 1 saturated carbocycles. The second-order valence-electron chi connectivity index (χ2n) is 7.42. The molecule has 2 heterocycles. The number of fused-ring (bicyclic) bond motifs is 1. The second kappa shape index (κ2) is 5.44. The van der Waals surface area contributed by atoms with Crippen LogP contribution in [0.5, 0.6) is 0 Å². The molecule has 2 unspecified atom stereocenters. The Labute approximate surface area is 127 Å². The van der Waals surface area contributed by atoms with E-state index < -0.39 is 0 Å². The van der Waals surface area contributed by atoms with Crippen LogP contribution in [-0.4, -0.2) is 22.6 Å². The molecule has 0 amide bonds. The van der Waals surface area contributed by atoms with E-state index in [0.717, 1.165) is 24.1 Å². The molecule has 2 aliphatic rings. The Bertz CT molecular complexity index is 508. The zero-order valence-electron chi connectivity index (χ0n) is 13.4. The van der Waals surface area contributed by atoms with Gasteiger partial charge in [0.05, 0.1) is 0 Å². The van der Waals surface area contributed by atoms with Gasteiger partial charge >= 0.3 is 0 Å². The first kappa shape index (κ1) is 14.6. The molecule has 116 valence electrons. The lowest BCUT2D eigenvalue weighted by atomic mass is 9.85. The highest BCUT2D eigenvalue weighted by atomic mass is 15.3. The van der Waals surface area contributed by atoms with Gasteiger partial charge in [-0.3, -0.25) is 0 Å². The summed E-state index contributed by atoms with van der Waals surface area (Å²) in [5.74, 6) is 9.06. The van der Waals surface area contributed by atoms with Crippen molar-refractivity contribution in [3.05, 3.63) is 11.9 Å². The van der Waals surface area contributed by atoms with Gasteiger partial charge in [-0.1, -0.05) is 33.6 Å². The van der Waals surface area contributed by atoms with Gasteiger partial charge in [-0.2, -0.15) is 0 Å². The molecule has 5 nitrogen and oxygen atoms in total. The Balaban J connectivity index is 1.94. The molecule has 1 aromatic heterocycles. The third kappa shape index (κ3) is 2.84. The van der Waals surface area contributed by atoms with E-state index >= 15 is 0 Å². The van der Waals surface area contributed by atoms with Crippen LogP contribution in [-0.2, 0) is 5.41 Å². The van der Waals surface area contributed by atoms with Crippen molar-refractivity contribution in [1.82, 2.24) is 9.97 Å². The van der Waals surface area contributed by atoms with Gasteiger partial charge in [-0.05, 0) is 25.2 Å². The molecule has 3 N–H and O–H groups in total. The van der Waals surface area contributed by atoms with Gasteiger partial charge in [0.2, 0.25) is 0 Å². The molecular weight excluding hydrogens is 262 g/mol. The lowest BCUT2D eigenvalue weighted by molar-refractivity contribution is 0.341. The number of hydrazine groups is 1. The van der Waals surface area contributed by atoms with Crippen molar-refractivity contribution in [3.8, 4) is 0 Å². The number of nitrogens with zero attached hydrogens (tertiary/aromatic N) is 3. The average Bonchev–Trinajstić information content (AvgIpc) is 2.89. The standard InChI is InChI=1S/C16H27N5/c1-16(2,3)15-18-13(20-17)10-14(19-15)21-9-8-11-6-4-5-7-12(11)21/h10-12H,4-9,17H2,1-3H3,(H,18,19,20). The molecule has 0 bridgehead atoms. The smallest absolute Gasteiger partial charge is 0.145 e. The van der Waals surface area contributed by atoms with Gasteiger partial charge in [0.15, 0.2) is 0 Å². The van der Waals surface area contributed by atoms with Crippen LogP contribution in [0.2, 0.25) is 0 Å². The summed E-state index contributed by atoms with van der Waals surface area (Å²) in [5, 5.41) is 0. The highest BCUT2D eigenvalue weighted by Crippen LogP contribution is 2.39. The van der Waals surface area contributed by atoms with Crippen LogP contribution < -0.4 is 16.2 Å². The van der Waals surface area contributed by atoms with Gasteiger partial charge in [-0.25, -0.2) is 15.8 Å². The van der Waals surface area contributed by atoms with Crippen LogP contribution in [0.3, 0.4) is 0 Å². The van der Waals surface area contributed by atoms with E-state index in [1.165, 1.54) is 32.1 Å². The number of nitrogen functional groups attached to an aromatic ring is 1. The number of aromatic nitrogens is 2. The SMILES string of the molecule is CC(C)(C)c1nc(NN)cc(N2CCC3CCCCC32)n1. The highest BCUT2D eigenvalue weighted by Gasteiger charge is 2.36. The zero-order chi connectivity index (χ0) is 15.0. The van der Waals surface area contributed by atoms with Crippen LogP contribution in [0, 0.1) is 5.92 Å². The van der Waals surface area contributed by atoms with Gasteiger partial charge in [-0.15, -0.1) is 0 Å². The number of nitrogens with two attached hydrogens (primary N) is 1. The number of hydrogen-bond acceptors (Lipinski definition) is 5. The summed E-state index contributed by atoms with van der Waals surface area (Å²) in [6.45, 7) is 7.53. The lowest BCUT2D eigenvalue weighted by Gasteiger charge is -2.33. The van der Waals surface area contributed by atoms with Crippen LogP contribution in [0.4, 0.5) is 11.6 Å². The normalized spacial score (nSPS) is 25.8. The average molecular weight is 289 g/mol. The van der Waals surface area contributed by atoms with Crippen LogP contribution in [0.1, 0.15) is 58.7 Å². The Morgan fingerprint density at radius 1 is 1.19 bits per heavy atom. The molecule has 0 aromatic carbocycles. The summed E-state index contributed by atoms with van der Waals surface area (Å²) < 4.78 is 0. The predicted molar refractivity (Wildman–Crippen MR) is 86.3 cm³/mol. The molecule has 2 atom stereocenters. The number of anilines is 2. The lowest BCUT2D eigenvalue weighted by Crippen LogP contribution is -2.36. The minimum Gasteiger partial charge on any atom is -0.353 e.